The van der Waals surface area contributed by atoms with E-state index in [1.165, 1.54) is 18.2 Å². The number of benzene rings is 2. The van der Waals surface area contributed by atoms with Crippen molar-refractivity contribution in [1.29, 1.82) is 0 Å². The SMILES string of the molecule is Cc1ccc(C(=O)NCc2cccc(C(N)=O)c2)cc1[N+](=O)[O-]. The second-order valence-electron chi connectivity index (χ2n) is 5.01. The summed E-state index contributed by atoms with van der Waals surface area (Å²) < 4.78 is 0. The van der Waals surface area contributed by atoms with Gasteiger partial charge in [0, 0.05) is 29.3 Å². The molecule has 2 aromatic carbocycles. The van der Waals surface area contributed by atoms with Gasteiger partial charge < -0.3 is 11.1 Å². The molecule has 118 valence electrons. The lowest BCUT2D eigenvalue weighted by atomic mass is 10.1. The van der Waals surface area contributed by atoms with Gasteiger partial charge in [-0.2, -0.15) is 0 Å². The maximum Gasteiger partial charge on any atom is 0.273 e. The van der Waals surface area contributed by atoms with Crippen LogP contribution < -0.4 is 11.1 Å². The monoisotopic (exact) mass is 313 g/mol. The predicted octanol–water partition coefficient (Wildman–Crippen LogP) is 1.93. The van der Waals surface area contributed by atoms with Gasteiger partial charge in [0.25, 0.3) is 11.6 Å². The molecule has 0 saturated carbocycles. The number of nitro groups is 1. The number of amides is 2. The molecule has 0 unspecified atom stereocenters. The Labute approximate surface area is 132 Å². The van der Waals surface area contributed by atoms with Crippen LogP contribution in [-0.2, 0) is 6.54 Å². The van der Waals surface area contributed by atoms with Crippen molar-refractivity contribution in [2.24, 2.45) is 5.73 Å². The number of aryl methyl sites for hydroxylation is 1. The molecule has 0 bridgehead atoms. The van der Waals surface area contributed by atoms with E-state index in [-0.39, 0.29) is 17.8 Å². The third-order valence-electron chi connectivity index (χ3n) is 3.33. The average Bonchev–Trinajstić information content (AvgIpc) is 2.53. The molecule has 0 saturated heterocycles. The molecule has 0 radical (unpaired) electrons. The number of rotatable bonds is 5. The van der Waals surface area contributed by atoms with Crippen LogP contribution in [0, 0.1) is 17.0 Å². The molecule has 2 amide bonds. The van der Waals surface area contributed by atoms with E-state index in [2.05, 4.69) is 5.32 Å². The number of hydrogen-bond acceptors (Lipinski definition) is 4. The Kier molecular flexibility index (Phi) is 4.70. The lowest BCUT2D eigenvalue weighted by Gasteiger charge is -2.07. The zero-order valence-corrected chi connectivity index (χ0v) is 12.4. The van der Waals surface area contributed by atoms with Crippen LogP contribution >= 0.6 is 0 Å². The lowest BCUT2D eigenvalue weighted by Crippen LogP contribution is -2.23. The summed E-state index contributed by atoms with van der Waals surface area (Å²) in [5.74, 6) is -0.982. The average molecular weight is 313 g/mol. The van der Waals surface area contributed by atoms with Crippen molar-refractivity contribution in [2.75, 3.05) is 0 Å². The number of nitrogens with zero attached hydrogens (tertiary/aromatic N) is 1. The molecule has 3 N–H and O–H groups in total. The fourth-order valence-corrected chi connectivity index (χ4v) is 2.07. The number of carbonyl (C=O) groups excluding carboxylic acids is 2. The number of carbonyl (C=O) groups is 2. The van der Waals surface area contributed by atoms with Crippen molar-refractivity contribution in [3.63, 3.8) is 0 Å². The molecule has 7 nitrogen and oxygen atoms in total. The molecule has 0 heterocycles. The summed E-state index contributed by atoms with van der Waals surface area (Å²) in [6.07, 6.45) is 0. The normalized spacial score (nSPS) is 10.1. The Balaban J connectivity index is 2.11. The number of primary amides is 1. The largest absolute Gasteiger partial charge is 0.366 e. The number of nitrogens with two attached hydrogens (primary N) is 1. The molecule has 2 rings (SSSR count). The van der Waals surface area contributed by atoms with E-state index in [9.17, 15) is 19.7 Å². The van der Waals surface area contributed by atoms with Crippen LogP contribution in [0.4, 0.5) is 5.69 Å². The Hall–Kier alpha value is -3.22. The van der Waals surface area contributed by atoms with Crippen LogP contribution in [0.1, 0.15) is 31.8 Å². The third kappa shape index (κ3) is 3.91. The van der Waals surface area contributed by atoms with Gasteiger partial charge in [0.05, 0.1) is 4.92 Å². The maximum absolute atomic E-state index is 12.1. The standard InChI is InChI=1S/C16H15N3O4/c1-10-5-6-13(8-14(10)19(22)23)16(21)18-9-11-3-2-4-12(7-11)15(17)20/h2-8H,9H2,1H3,(H2,17,20)(H,18,21). The fourth-order valence-electron chi connectivity index (χ4n) is 2.07. The van der Waals surface area contributed by atoms with Gasteiger partial charge in [0.1, 0.15) is 0 Å². The zero-order chi connectivity index (χ0) is 17.0. The summed E-state index contributed by atoms with van der Waals surface area (Å²) in [6.45, 7) is 1.79. The quantitative estimate of drug-likeness (QED) is 0.648. The van der Waals surface area contributed by atoms with Crippen molar-refractivity contribution in [3.05, 3.63) is 74.8 Å². The molecule has 0 fully saturated rings. The van der Waals surface area contributed by atoms with Gasteiger partial charge in [-0.05, 0) is 30.7 Å². The summed E-state index contributed by atoms with van der Waals surface area (Å²) >= 11 is 0. The van der Waals surface area contributed by atoms with Gasteiger partial charge in [-0.1, -0.05) is 18.2 Å². The minimum Gasteiger partial charge on any atom is -0.366 e. The first kappa shape index (κ1) is 16.2. The van der Waals surface area contributed by atoms with E-state index in [1.54, 1.807) is 31.2 Å². The summed E-state index contributed by atoms with van der Waals surface area (Å²) in [7, 11) is 0. The Bertz CT molecular complexity index is 787. The van der Waals surface area contributed by atoms with Crippen LogP contribution in [0.3, 0.4) is 0 Å². The predicted molar refractivity (Wildman–Crippen MR) is 84.0 cm³/mol. The molecule has 23 heavy (non-hydrogen) atoms. The van der Waals surface area contributed by atoms with E-state index in [1.807, 2.05) is 0 Å². The molecule has 0 aliphatic carbocycles. The second-order valence-corrected chi connectivity index (χ2v) is 5.01. The highest BCUT2D eigenvalue weighted by atomic mass is 16.6. The van der Waals surface area contributed by atoms with Crippen molar-refractivity contribution < 1.29 is 14.5 Å². The molecule has 0 aliphatic heterocycles. The van der Waals surface area contributed by atoms with Crippen LogP contribution in [0.2, 0.25) is 0 Å². The second kappa shape index (κ2) is 6.69. The Morgan fingerprint density at radius 1 is 1.17 bits per heavy atom. The van der Waals surface area contributed by atoms with Crippen molar-refractivity contribution in [1.82, 2.24) is 5.32 Å². The molecule has 7 heteroatoms. The summed E-state index contributed by atoms with van der Waals surface area (Å²) in [4.78, 5) is 33.6. The summed E-state index contributed by atoms with van der Waals surface area (Å²) in [6, 6.07) is 10.9. The van der Waals surface area contributed by atoms with E-state index in [4.69, 9.17) is 5.73 Å². The van der Waals surface area contributed by atoms with Gasteiger partial charge in [-0.25, -0.2) is 0 Å². The minimum absolute atomic E-state index is 0.103. The highest BCUT2D eigenvalue weighted by Gasteiger charge is 2.14. The van der Waals surface area contributed by atoms with Crippen molar-refractivity contribution >= 4 is 17.5 Å². The first-order valence-electron chi connectivity index (χ1n) is 6.80. The zero-order valence-electron chi connectivity index (χ0n) is 12.4. The van der Waals surface area contributed by atoms with Crippen LogP contribution in [-0.4, -0.2) is 16.7 Å². The molecule has 0 atom stereocenters. The third-order valence-corrected chi connectivity index (χ3v) is 3.33. The summed E-state index contributed by atoms with van der Waals surface area (Å²) in [5, 5.41) is 13.6. The molecule has 2 aromatic rings. The fraction of sp³-hybridized carbons (Fsp3) is 0.125. The molecule has 0 aromatic heterocycles. The first-order chi connectivity index (χ1) is 10.9. The van der Waals surface area contributed by atoms with E-state index in [0.29, 0.717) is 16.7 Å². The molecular weight excluding hydrogens is 298 g/mol. The summed E-state index contributed by atoms with van der Waals surface area (Å²) in [5.41, 5.74) is 6.84. The van der Waals surface area contributed by atoms with Gasteiger partial charge in [0.2, 0.25) is 5.91 Å². The van der Waals surface area contributed by atoms with Gasteiger partial charge in [0.15, 0.2) is 0 Å². The van der Waals surface area contributed by atoms with Gasteiger partial charge in [-0.3, -0.25) is 19.7 Å². The number of nitrogens with one attached hydrogen (secondary N) is 1. The van der Waals surface area contributed by atoms with Crippen LogP contribution in [0.5, 0.6) is 0 Å². The van der Waals surface area contributed by atoms with Gasteiger partial charge >= 0.3 is 0 Å². The highest BCUT2D eigenvalue weighted by Crippen LogP contribution is 2.19. The minimum atomic E-state index is -0.549. The topological polar surface area (TPSA) is 115 Å². The maximum atomic E-state index is 12.1. The van der Waals surface area contributed by atoms with Crippen molar-refractivity contribution in [2.45, 2.75) is 13.5 Å². The van der Waals surface area contributed by atoms with E-state index < -0.39 is 16.7 Å². The van der Waals surface area contributed by atoms with Crippen LogP contribution in [0.15, 0.2) is 42.5 Å². The Morgan fingerprint density at radius 2 is 1.91 bits per heavy atom. The highest BCUT2D eigenvalue weighted by molar-refractivity contribution is 5.95. The number of hydrogen-bond donors (Lipinski definition) is 2. The van der Waals surface area contributed by atoms with Crippen LogP contribution in [0.25, 0.3) is 0 Å². The van der Waals surface area contributed by atoms with E-state index in [0.717, 1.165) is 0 Å². The van der Waals surface area contributed by atoms with E-state index >= 15 is 0 Å². The first-order valence-corrected chi connectivity index (χ1v) is 6.80. The Morgan fingerprint density at radius 3 is 2.57 bits per heavy atom. The molecular formula is C16H15N3O4. The van der Waals surface area contributed by atoms with Crippen molar-refractivity contribution in [3.8, 4) is 0 Å². The molecule has 0 aliphatic rings. The van der Waals surface area contributed by atoms with Gasteiger partial charge in [-0.15, -0.1) is 0 Å². The lowest BCUT2D eigenvalue weighted by molar-refractivity contribution is -0.385. The smallest absolute Gasteiger partial charge is 0.273 e. The number of nitro benzene ring substituents is 1. The molecule has 0 spiro atoms.